The number of pyridine rings is 1. The maximum atomic E-state index is 11.8. The van der Waals surface area contributed by atoms with E-state index < -0.39 is 11.9 Å². The van der Waals surface area contributed by atoms with Crippen molar-refractivity contribution in [2.75, 3.05) is 26.6 Å². The zero-order chi connectivity index (χ0) is 16.8. The number of nitrogens with zero attached hydrogens (tertiary/aromatic N) is 1. The number of hydrogen-bond acceptors (Lipinski definition) is 7. The second-order valence-electron chi connectivity index (χ2n) is 4.45. The second-order valence-corrected chi connectivity index (χ2v) is 4.45. The Morgan fingerprint density at radius 3 is 2.57 bits per heavy atom. The molecule has 0 unspecified atom stereocenters. The molecular formula is C16H16N2O5. The molecule has 7 heteroatoms. The van der Waals surface area contributed by atoms with Crippen molar-refractivity contribution < 1.29 is 23.8 Å². The van der Waals surface area contributed by atoms with Gasteiger partial charge in [-0.3, -0.25) is 0 Å². The number of aromatic nitrogens is 1. The van der Waals surface area contributed by atoms with Gasteiger partial charge in [0.25, 0.3) is 0 Å². The number of methoxy groups -OCH3 is 3. The first kappa shape index (κ1) is 16.3. The van der Waals surface area contributed by atoms with E-state index in [2.05, 4.69) is 19.8 Å². The van der Waals surface area contributed by atoms with Crippen LogP contribution in [0.25, 0.3) is 10.8 Å². The summed E-state index contributed by atoms with van der Waals surface area (Å²) in [6.45, 7) is 0. The van der Waals surface area contributed by atoms with Gasteiger partial charge in [-0.05, 0) is 23.6 Å². The van der Waals surface area contributed by atoms with Crippen LogP contribution in [0.4, 0.5) is 5.69 Å². The molecule has 1 heterocycles. The Bertz CT molecular complexity index is 770. The lowest BCUT2D eigenvalue weighted by atomic mass is 10.1. The Morgan fingerprint density at radius 2 is 1.91 bits per heavy atom. The van der Waals surface area contributed by atoms with Crippen molar-refractivity contribution in [1.82, 2.24) is 4.98 Å². The van der Waals surface area contributed by atoms with Crippen LogP contribution in [-0.2, 0) is 19.1 Å². The molecule has 2 aromatic rings. The summed E-state index contributed by atoms with van der Waals surface area (Å²) in [6.07, 6.45) is 2.67. The highest BCUT2D eigenvalue weighted by atomic mass is 16.5. The molecule has 23 heavy (non-hydrogen) atoms. The molecule has 0 saturated carbocycles. The smallest absolute Gasteiger partial charge is 0.354 e. The van der Waals surface area contributed by atoms with Gasteiger partial charge in [0, 0.05) is 17.3 Å². The van der Waals surface area contributed by atoms with Crippen molar-refractivity contribution in [3.8, 4) is 5.88 Å². The summed E-state index contributed by atoms with van der Waals surface area (Å²) < 4.78 is 14.4. The van der Waals surface area contributed by atoms with Crippen LogP contribution in [0.2, 0.25) is 0 Å². The first-order valence-electron chi connectivity index (χ1n) is 6.66. The lowest BCUT2D eigenvalue weighted by molar-refractivity contribution is -0.138. The number of carbonyl (C=O) groups is 2. The summed E-state index contributed by atoms with van der Waals surface area (Å²) in [7, 11) is 3.97. The molecule has 0 aliphatic heterocycles. The number of anilines is 1. The lowest BCUT2D eigenvalue weighted by Crippen LogP contribution is -2.15. The fourth-order valence-electron chi connectivity index (χ4n) is 1.97. The summed E-state index contributed by atoms with van der Waals surface area (Å²) >= 11 is 0. The summed E-state index contributed by atoms with van der Waals surface area (Å²) in [5, 5.41) is 4.54. The normalized spacial score (nSPS) is 11.0. The largest absolute Gasteiger partial charge is 0.481 e. The van der Waals surface area contributed by atoms with Crippen LogP contribution in [0, 0.1) is 0 Å². The second kappa shape index (κ2) is 7.26. The number of hydrogen-bond donors (Lipinski definition) is 1. The topological polar surface area (TPSA) is 86.8 Å². The zero-order valence-corrected chi connectivity index (χ0v) is 13.0. The van der Waals surface area contributed by atoms with E-state index in [-0.39, 0.29) is 5.70 Å². The molecule has 0 atom stereocenters. The standard InChI is InChI=1S/C16H16N2O5/c1-21-14(19)9-13(16(20)23-3)18-11-5-4-10-6-7-17-15(22-2)12(10)8-11/h4-9,18H,1-3H3/b13-9+. The average Bonchev–Trinajstić information content (AvgIpc) is 2.59. The van der Waals surface area contributed by atoms with Gasteiger partial charge in [0.2, 0.25) is 5.88 Å². The minimum Gasteiger partial charge on any atom is -0.481 e. The number of nitrogens with one attached hydrogen (secondary N) is 1. The van der Waals surface area contributed by atoms with E-state index >= 15 is 0 Å². The predicted octanol–water partition coefficient (Wildman–Crippen LogP) is 1.89. The lowest BCUT2D eigenvalue weighted by Gasteiger charge is -2.11. The molecule has 0 radical (unpaired) electrons. The predicted molar refractivity (Wildman–Crippen MR) is 84.0 cm³/mol. The zero-order valence-electron chi connectivity index (χ0n) is 13.0. The first-order valence-corrected chi connectivity index (χ1v) is 6.66. The van der Waals surface area contributed by atoms with Gasteiger partial charge in [-0.25, -0.2) is 14.6 Å². The molecule has 1 N–H and O–H groups in total. The fourth-order valence-corrected chi connectivity index (χ4v) is 1.97. The highest BCUT2D eigenvalue weighted by Gasteiger charge is 2.13. The molecule has 0 bridgehead atoms. The van der Waals surface area contributed by atoms with Gasteiger partial charge in [0.15, 0.2) is 0 Å². The Kier molecular flexibility index (Phi) is 5.14. The van der Waals surface area contributed by atoms with E-state index in [0.29, 0.717) is 11.6 Å². The molecule has 0 fully saturated rings. The van der Waals surface area contributed by atoms with Crippen molar-refractivity contribution in [2.24, 2.45) is 0 Å². The number of esters is 2. The first-order chi connectivity index (χ1) is 11.1. The minimum atomic E-state index is -0.686. The van der Waals surface area contributed by atoms with E-state index in [1.165, 1.54) is 21.3 Å². The third-order valence-corrected chi connectivity index (χ3v) is 3.07. The number of rotatable bonds is 5. The molecule has 1 aromatic heterocycles. The van der Waals surface area contributed by atoms with Crippen molar-refractivity contribution in [1.29, 1.82) is 0 Å². The fraction of sp³-hybridized carbons (Fsp3) is 0.188. The van der Waals surface area contributed by atoms with Gasteiger partial charge in [-0.2, -0.15) is 0 Å². The van der Waals surface area contributed by atoms with Crippen LogP contribution in [0.1, 0.15) is 0 Å². The van der Waals surface area contributed by atoms with Crippen molar-refractivity contribution >= 4 is 28.4 Å². The van der Waals surface area contributed by atoms with Crippen molar-refractivity contribution in [3.63, 3.8) is 0 Å². The van der Waals surface area contributed by atoms with Gasteiger partial charge in [-0.1, -0.05) is 6.07 Å². The SMILES string of the molecule is COC(=O)/C=C(/Nc1ccc2ccnc(OC)c2c1)C(=O)OC. The highest BCUT2D eigenvalue weighted by Crippen LogP contribution is 2.26. The third kappa shape index (κ3) is 3.76. The summed E-state index contributed by atoms with van der Waals surface area (Å²) in [6, 6.07) is 7.20. The van der Waals surface area contributed by atoms with E-state index in [0.717, 1.165) is 16.8 Å². The molecule has 0 aliphatic carbocycles. The monoisotopic (exact) mass is 316 g/mol. The maximum Gasteiger partial charge on any atom is 0.354 e. The van der Waals surface area contributed by atoms with Crippen LogP contribution in [-0.4, -0.2) is 38.3 Å². The van der Waals surface area contributed by atoms with Gasteiger partial charge in [-0.15, -0.1) is 0 Å². The number of benzene rings is 1. The van der Waals surface area contributed by atoms with Gasteiger partial charge in [0.1, 0.15) is 5.70 Å². The molecule has 2 rings (SSSR count). The molecular weight excluding hydrogens is 300 g/mol. The Labute approximate surface area is 132 Å². The van der Waals surface area contributed by atoms with Crippen LogP contribution < -0.4 is 10.1 Å². The van der Waals surface area contributed by atoms with E-state index in [1.807, 2.05) is 12.1 Å². The maximum absolute atomic E-state index is 11.8. The van der Waals surface area contributed by atoms with Gasteiger partial charge in [0.05, 0.1) is 27.4 Å². The van der Waals surface area contributed by atoms with Crippen LogP contribution >= 0.6 is 0 Å². The minimum absolute atomic E-state index is 0.0402. The van der Waals surface area contributed by atoms with E-state index in [4.69, 9.17) is 4.74 Å². The molecule has 0 amide bonds. The molecule has 0 aliphatic rings. The van der Waals surface area contributed by atoms with Crippen LogP contribution in [0.5, 0.6) is 5.88 Å². The van der Waals surface area contributed by atoms with E-state index in [1.54, 1.807) is 18.3 Å². The Hall–Kier alpha value is -3.09. The van der Waals surface area contributed by atoms with Gasteiger partial charge < -0.3 is 19.5 Å². The number of carbonyl (C=O) groups excluding carboxylic acids is 2. The summed E-state index contributed by atoms with van der Waals surface area (Å²) in [4.78, 5) is 27.3. The third-order valence-electron chi connectivity index (χ3n) is 3.07. The summed E-state index contributed by atoms with van der Waals surface area (Å²) in [5.41, 5.74) is 0.533. The Morgan fingerprint density at radius 1 is 1.13 bits per heavy atom. The molecule has 0 spiro atoms. The Balaban J connectivity index is 2.40. The molecule has 7 nitrogen and oxygen atoms in total. The molecule has 1 aromatic carbocycles. The van der Waals surface area contributed by atoms with Crippen molar-refractivity contribution in [2.45, 2.75) is 0 Å². The number of fused-ring (bicyclic) bond motifs is 1. The van der Waals surface area contributed by atoms with E-state index in [9.17, 15) is 9.59 Å². The quantitative estimate of drug-likeness (QED) is 0.665. The van der Waals surface area contributed by atoms with Crippen LogP contribution in [0.15, 0.2) is 42.2 Å². The highest BCUT2D eigenvalue weighted by molar-refractivity contribution is 5.99. The molecule has 0 saturated heterocycles. The van der Waals surface area contributed by atoms with Gasteiger partial charge >= 0.3 is 11.9 Å². The van der Waals surface area contributed by atoms with Crippen molar-refractivity contribution in [3.05, 3.63) is 42.2 Å². The van der Waals surface area contributed by atoms with Crippen LogP contribution in [0.3, 0.4) is 0 Å². The number of ether oxygens (including phenoxy) is 3. The average molecular weight is 316 g/mol. The molecule has 120 valence electrons. The summed E-state index contributed by atoms with van der Waals surface area (Å²) in [5.74, 6) is -0.894.